The van der Waals surface area contributed by atoms with Gasteiger partial charge in [-0.3, -0.25) is 18.9 Å². The van der Waals surface area contributed by atoms with Gasteiger partial charge in [-0.25, -0.2) is 9.78 Å². The molecule has 4 rings (SSSR count). The quantitative estimate of drug-likeness (QED) is 0.561. The number of nitrogens with zero attached hydrogens (tertiary/aromatic N) is 3. The largest absolute Gasteiger partial charge is 0.352 e. The zero-order valence-corrected chi connectivity index (χ0v) is 15.8. The number of H-pyrrole nitrogens is 1. The first-order valence-corrected chi connectivity index (χ1v) is 9.06. The second-order valence-corrected chi connectivity index (χ2v) is 6.78. The Balaban J connectivity index is 1.63. The Morgan fingerprint density at radius 3 is 2.54 bits per heavy atom. The summed E-state index contributed by atoms with van der Waals surface area (Å²) in [5.74, 6) is 0.388. The Bertz CT molecular complexity index is 1270. The van der Waals surface area contributed by atoms with Crippen LogP contribution >= 0.6 is 0 Å². The molecule has 28 heavy (non-hydrogen) atoms. The van der Waals surface area contributed by atoms with Crippen molar-refractivity contribution in [3.8, 4) is 0 Å². The van der Waals surface area contributed by atoms with E-state index < -0.39 is 0 Å². The van der Waals surface area contributed by atoms with Gasteiger partial charge in [0, 0.05) is 19.7 Å². The van der Waals surface area contributed by atoms with E-state index in [1.54, 1.807) is 16.2 Å². The Kier molecular flexibility index (Phi) is 4.57. The number of para-hydroxylation sites is 2. The minimum atomic E-state index is -0.259. The van der Waals surface area contributed by atoms with Crippen LogP contribution in [0.5, 0.6) is 0 Å². The third-order valence-electron chi connectivity index (χ3n) is 4.87. The van der Waals surface area contributed by atoms with Crippen molar-refractivity contribution in [2.45, 2.75) is 20.0 Å². The Morgan fingerprint density at radius 1 is 1.04 bits per heavy atom. The van der Waals surface area contributed by atoms with E-state index in [2.05, 4.69) is 15.3 Å². The maximum Gasteiger partial charge on any atom is 0.329 e. The topological polar surface area (TPSA) is 84.7 Å². The summed E-state index contributed by atoms with van der Waals surface area (Å²) in [5.41, 5.74) is 4.07. The molecule has 4 aromatic rings. The highest BCUT2D eigenvalue weighted by Gasteiger charge is 2.12. The summed E-state index contributed by atoms with van der Waals surface area (Å²) in [6, 6.07) is 17.0. The third-order valence-corrected chi connectivity index (χ3v) is 4.87. The van der Waals surface area contributed by atoms with Crippen molar-refractivity contribution >= 4 is 17.0 Å². The van der Waals surface area contributed by atoms with Gasteiger partial charge in [-0.1, -0.05) is 36.4 Å². The van der Waals surface area contributed by atoms with Gasteiger partial charge < -0.3 is 5.32 Å². The van der Waals surface area contributed by atoms with Gasteiger partial charge in [-0.15, -0.1) is 0 Å². The van der Waals surface area contributed by atoms with Crippen molar-refractivity contribution in [3.63, 3.8) is 0 Å². The molecule has 0 aliphatic heterocycles. The first-order valence-electron chi connectivity index (χ1n) is 9.06. The van der Waals surface area contributed by atoms with Crippen molar-refractivity contribution in [2.75, 3.05) is 5.32 Å². The fourth-order valence-corrected chi connectivity index (χ4v) is 3.34. The van der Waals surface area contributed by atoms with Crippen LogP contribution < -0.4 is 16.6 Å². The number of aromatic amines is 1. The summed E-state index contributed by atoms with van der Waals surface area (Å²) < 4.78 is 3.22. The molecule has 2 aromatic heterocycles. The summed E-state index contributed by atoms with van der Waals surface area (Å²) in [4.78, 5) is 31.9. The highest BCUT2D eigenvalue weighted by atomic mass is 16.1. The molecule has 7 nitrogen and oxygen atoms in total. The van der Waals surface area contributed by atoms with E-state index in [1.165, 1.54) is 6.07 Å². The molecule has 0 spiro atoms. The van der Waals surface area contributed by atoms with Gasteiger partial charge in [0.15, 0.2) is 0 Å². The van der Waals surface area contributed by atoms with Crippen LogP contribution in [0.15, 0.2) is 64.2 Å². The van der Waals surface area contributed by atoms with Crippen LogP contribution in [0.4, 0.5) is 5.95 Å². The van der Waals surface area contributed by atoms with Crippen LogP contribution in [0, 0.1) is 6.92 Å². The number of hydrogen-bond acceptors (Lipinski definition) is 4. The van der Waals surface area contributed by atoms with E-state index in [1.807, 2.05) is 55.5 Å². The number of imidazole rings is 1. The van der Waals surface area contributed by atoms with Gasteiger partial charge in [-0.05, 0) is 30.2 Å². The lowest BCUT2D eigenvalue weighted by atomic mass is 10.1. The maximum atomic E-state index is 12.6. The highest BCUT2D eigenvalue weighted by Crippen LogP contribution is 2.13. The minimum absolute atomic E-state index is 0.141. The molecule has 0 aliphatic rings. The molecule has 2 aromatic carbocycles. The molecule has 0 bridgehead atoms. The lowest BCUT2D eigenvalue weighted by Crippen LogP contribution is -2.24. The lowest BCUT2D eigenvalue weighted by Gasteiger charge is -2.09. The first kappa shape index (κ1) is 17.8. The van der Waals surface area contributed by atoms with Crippen LogP contribution in [-0.2, 0) is 20.1 Å². The molecular weight excluding hydrogens is 354 g/mol. The fraction of sp³-hybridized carbons (Fsp3) is 0.190. The number of fused-ring (bicyclic) bond motifs is 1. The molecule has 0 fully saturated rings. The zero-order chi connectivity index (χ0) is 19.7. The summed E-state index contributed by atoms with van der Waals surface area (Å²) >= 11 is 0. The number of nitrogens with one attached hydrogen (secondary N) is 2. The van der Waals surface area contributed by atoms with E-state index >= 15 is 0 Å². The summed E-state index contributed by atoms with van der Waals surface area (Å²) in [5, 5.41) is 3.17. The molecule has 142 valence electrons. The van der Waals surface area contributed by atoms with Crippen LogP contribution in [0.1, 0.15) is 16.8 Å². The SMILES string of the molecule is Cc1ccccc1CNc1nc(Cn2c(=O)n(C)c3ccccc32)cc(=O)[nH]1. The molecule has 2 heterocycles. The molecule has 0 amide bonds. The van der Waals surface area contributed by atoms with Crippen molar-refractivity contribution in [3.05, 3.63) is 92.3 Å². The number of hydrogen-bond donors (Lipinski definition) is 2. The van der Waals surface area contributed by atoms with Crippen molar-refractivity contribution in [1.29, 1.82) is 0 Å². The van der Waals surface area contributed by atoms with Crippen LogP contribution in [0.2, 0.25) is 0 Å². The summed E-state index contributed by atoms with van der Waals surface area (Å²) in [7, 11) is 1.74. The van der Waals surface area contributed by atoms with Gasteiger partial charge in [0.2, 0.25) is 5.95 Å². The molecular formula is C21H21N5O2. The Labute approximate surface area is 161 Å². The molecule has 0 radical (unpaired) electrons. The van der Waals surface area contributed by atoms with Gasteiger partial charge in [0.05, 0.1) is 23.3 Å². The molecule has 0 aliphatic carbocycles. The number of rotatable bonds is 5. The highest BCUT2D eigenvalue weighted by molar-refractivity contribution is 5.75. The molecule has 0 saturated heterocycles. The molecule has 0 atom stereocenters. The van der Waals surface area contributed by atoms with Gasteiger partial charge in [-0.2, -0.15) is 0 Å². The van der Waals surface area contributed by atoms with Gasteiger partial charge >= 0.3 is 5.69 Å². The van der Waals surface area contributed by atoms with Crippen molar-refractivity contribution < 1.29 is 0 Å². The smallest absolute Gasteiger partial charge is 0.329 e. The minimum Gasteiger partial charge on any atom is -0.352 e. The zero-order valence-electron chi connectivity index (χ0n) is 15.8. The van der Waals surface area contributed by atoms with Crippen molar-refractivity contribution in [2.24, 2.45) is 7.05 Å². The van der Waals surface area contributed by atoms with E-state index in [0.717, 1.165) is 22.2 Å². The normalized spacial score (nSPS) is 11.1. The van der Waals surface area contributed by atoms with E-state index in [-0.39, 0.29) is 17.8 Å². The first-order chi connectivity index (χ1) is 13.5. The number of aryl methyl sites for hydroxylation is 2. The fourth-order valence-electron chi connectivity index (χ4n) is 3.34. The Morgan fingerprint density at radius 2 is 1.75 bits per heavy atom. The molecule has 0 saturated carbocycles. The van der Waals surface area contributed by atoms with E-state index in [4.69, 9.17) is 0 Å². The van der Waals surface area contributed by atoms with Crippen molar-refractivity contribution in [1.82, 2.24) is 19.1 Å². The lowest BCUT2D eigenvalue weighted by molar-refractivity contribution is 0.719. The Hall–Kier alpha value is -3.61. The molecule has 7 heteroatoms. The third kappa shape index (κ3) is 3.34. The maximum absolute atomic E-state index is 12.6. The van der Waals surface area contributed by atoms with E-state index in [9.17, 15) is 9.59 Å². The van der Waals surface area contributed by atoms with Gasteiger partial charge in [0.25, 0.3) is 5.56 Å². The summed E-state index contributed by atoms with van der Waals surface area (Å²) in [6.45, 7) is 2.81. The van der Waals surface area contributed by atoms with Crippen LogP contribution in [-0.4, -0.2) is 19.1 Å². The number of aromatic nitrogens is 4. The number of anilines is 1. The average Bonchev–Trinajstić information content (AvgIpc) is 2.92. The predicted octanol–water partition coefficient (Wildman–Crippen LogP) is 2.39. The van der Waals surface area contributed by atoms with Crippen LogP contribution in [0.25, 0.3) is 11.0 Å². The number of benzene rings is 2. The summed E-state index contributed by atoms with van der Waals surface area (Å²) in [6.07, 6.45) is 0. The van der Waals surface area contributed by atoms with E-state index in [0.29, 0.717) is 18.2 Å². The molecule has 0 unspecified atom stereocenters. The van der Waals surface area contributed by atoms with Gasteiger partial charge in [0.1, 0.15) is 0 Å². The predicted molar refractivity (Wildman–Crippen MR) is 110 cm³/mol. The molecule has 2 N–H and O–H groups in total. The standard InChI is InChI=1S/C21H21N5O2/c1-14-7-3-4-8-15(14)12-22-20-23-16(11-19(27)24-20)13-26-18-10-6-5-9-17(18)25(2)21(26)28/h3-11H,12-13H2,1-2H3,(H2,22,23,24,27). The van der Waals surface area contributed by atoms with Crippen LogP contribution in [0.3, 0.4) is 0 Å². The monoisotopic (exact) mass is 375 g/mol. The second-order valence-electron chi connectivity index (χ2n) is 6.78. The second kappa shape index (κ2) is 7.19. The average molecular weight is 375 g/mol.